The van der Waals surface area contributed by atoms with Crippen molar-refractivity contribution in [1.82, 2.24) is 5.32 Å². The molecule has 1 heterocycles. The van der Waals surface area contributed by atoms with E-state index in [0.717, 1.165) is 5.56 Å². The molecule has 7 heteroatoms. The molecule has 2 aromatic rings. The van der Waals surface area contributed by atoms with Crippen molar-refractivity contribution in [2.45, 2.75) is 26.7 Å². The maximum absolute atomic E-state index is 12.7. The molecule has 0 fully saturated rings. The van der Waals surface area contributed by atoms with Crippen molar-refractivity contribution in [2.24, 2.45) is 0 Å². The van der Waals surface area contributed by atoms with Crippen molar-refractivity contribution in [3.05, 3.63) is 97.3 Å². The molecule has 1 aliphatic heterocycles. The van der Waals surface area contributed by atoms with Gasteiger partial charge in [0.1, 0.15) is 11.6 Å². The third-order valence-electron chi connectivity index (χ3n) is 4.75. The normalized spacial score (nSPS) is 16.5. The number of ether oxygens (including phenoxy) is 1. The number of hydrogen-bond acceptors (Lipinski definition) is 5. The minimum Gasteiger partial charge on any atom is -0.463 e. The summed E-state index contributed by atoms with van der Waals surface area (Å²) in [5.74, 6) is -1.51. The molecular weight excluding hydrogens is 392 g/mol. The van der Waals surface area contributed by atoms with E-state index in [-0.39, 0.29) is 17.9 Å². The minimum atomic E-state index is -0.916. The van der Waals surface area contributed by atoms with E-state index in [1.165, 1.54) is 0 Å². The van der Waals surface area contributed by atoms with Crippen LogP contribution in [0.15, 0.2) is 65.5 Å². The number of rotatable bonds is 5. The number of allylic oxidation sites excluding steroid dienone is 2. The Morgan fingerprint density at radius 2 is 1.90 bits per heavy atom. The van der Waals surface area contributed by atoms with Crippen LogP contribution in [0.2, 0.25) is 5.02 Å². The van der Waals surface area contributed by atoms with Gasteiger partial charge >= 0.3 is 5.97 Å². The smallest absolute Gasteiger partial charge is 0.336 e. The fraction of sp³-hybridized carbons (Fsp3) is 0.227. The van der Waals surface area contributed by atoms with E-state index in [1.807, 2.05) is 31.2 Å². The van der Waals surface area contributed by atoms with Crippen molar-refractivity contribution in [2.75, 3.05) is 6.61 Å². The molecule has 1 unspecified atom stereocenters. The summed E-state index contributed by atoms with van der Waals surface area (Å²) >= 11 is 6.15. The Morgan fingerprint density at radius 1 is 1.21 bits per heavy atom. The number of carbonyl (C=O) groups excluding carboxylic acids is 1. The number of nitrogens with one attached hydrogen (secondary N) is 1. The van der Waals surface area contributed by atoms with E-state index in [0.29, 0.717) is 27.5 Å². The Morgan fingerprint density at radius 3 is 2.48 bits per heavy atom. The Labute approximate surface area is 174 Å². The second-order valence-corrected chi connectivity index (χ2v) is 7.19. The molecule has 0 spiro atoms. The fourth-order valence-corrected chi connectivity index (χ4v) is 3.64. The van der Waals surface area contributed by atoms with Crippen LogP contribution in [0.5, 0.6) is 0 Å². The molecule has 1 aliphatic rings. The Kier molecular flexibility index (Phi) is 6.03. The number of dihydropyridines is 1. The number of nitrogens with zero attached hydrogens (tertiary/aromatic N) is 1. The summed E-state index contributed by atoms with van der Waals surface area (Å²) in [6, 6.07) is 14.2. The first-order valence-electron chi connectivity index (χ1n) is 9.19. The molecule has 0 radical (unpaired) electrons. The zero-order valence-corrected chi connectivity index (χ0v) is 17.1. The van der Waals surface area contributed by atoms with Crippen LogP contribution in [-0.4, -0.2) is 17.5 Å². The van der Waals surface area contributed by atoms with Crippen molar-refractivity contribution in [3.8, 4) is 0 Å². The second-order valence-electron chi connectivity index (χ2n) is 6.76. The first-order valence-corrected chi connectivity index (χ1v) is 9.57. The summed E-state index contributed by atoms with van der Waals surface area (Å²) in [6.07, 6.45) is 0. The van der Waals surface area contributed by atoms with Crippen molar-refractivity contribution in [3.63, 3.8) is 0 Å². The molecule has 0 amide bonds. The van der Waals surface area contributed by atoms with Crippen LogP contribution < -0.4 is 5.32 Å². The lowest BCUT2D eigenvalue weighted by atomic mass is 9.83. The number of nitro groups is 1. The van der Waals surface area contributed by atoms with Gasteiger partial charge in [0.15, 0.2) is 0 Å². The molecule has 3 rings (SSSR count). The first-order chi connectivity index (χ1) is 13.8. The van der Waals surface area contributed by atoms with E-state index < -0.39 is 16.8 Å². The monoisotopic (exact) mass is 412 g/mol. The van der Waals surface area contributed by atoms with Crippen molar-refractivity contribution in [1.29, 1.82) is 0 Å². The lowest BCUT2D eigenvalue weighted by Gasteiger charge is -2.28. The van der Waals surface area contributed by atoms with Crippen LogP contribution >= 0.6 is 11.6 Å². The fourth-order valence-electron chi connectivity index (χ4n) is 3.44. The third-order valence-corrected chi connectivity index (χ3v) is 4.98. The quantitative estimate of drug-likeness (QED) is 0.432. The first kappa shape index (κ1) is 20.6. The summed E-state index contributed by atoms with van der Waals surface area (Å²) in [5, 5.41) is 15.7. The molecule has 0 aromatic heterocycles. The third kappa shape index (κ3) is 4.17. The van der Waals surface area contributed by atoms with Crippen molar-refractivity contribution >= 4 is 23.3 Å². The Balaban J connectivity index is 2.28. The molecule has 6 nitrogen and oxygen atoms in total. The molecule has 29 heavy (non-hydrogen) atoms. The minimum absolute atomic E-state index is 0.121. The molecular formula is C22H21ClN2O4. The van der Waals surface area contributed by atoms with Crippen LogP contribution in [0.3, 0.4) is 0 Å². The van der Waals surface area contributed by atoms with Gasteiger partial charge in [0.05, 0.1) is 17.1 Å². The number of aryl methyl sites for hydroxylation is 1. The summed E-state index contributed by atoms with van der Waals surface area (Å²) < 4.78 is 5.20. The van der Waals surface area contributed by atoms with E-state index in [9.17, 15) is 14.9 Å². The van der Waals surface area contributed by atoms with Crippen LogP contribution in [0.1, 0.15) is 36.5 Å². The predicted octanol–water partition coefficient (Wildman–Crippen LogP) is 4.82. The number of halogens is 1. The largest absolute Gasteiger partial charge is 0.463 e. The standard InChI is InChI=1S/C22H21ClN2O4/c1-4-29-22(26)18-14(3)24-20(15-10-8-13(2)9-11-15)21(25(27)28)19(18)16-6-5-7-17(23)12-16/h5-12,19,24H,4H2,1-3H3. The van der Waals surface area contributed by atoms with Gasteiger partial charge in [-0.25, -0.2) is 4.79 Å². The number of hydrogen-bond donors (Lipinski definition) is 1. The highest BCUT2D eigenvalue weighted by molar-refractivity contribution is 6.30. The number of esters is 1. The zero-order chi connectivity index (χ0) is 21.1. The second kappa shape index (κ2) is 8.49. The lowest BCUT2D eigenvalue weighted by molar-refractivity contribution is -0.428. The SMILES string of the molecule is CCOC(=O)C1=C(C)NC(c2ccc(C)cc2)=C([N+](=O)[O-])C1c1cccc(Cl)c1. The molecule has 1 atom stereocenters. The summed E-state index contributed by atoms with van der Waals surface area (Å²) in [7, 11) is 0. The predicted molar refractivity (Wildman–Crippen MR) is 112 cm³/mol. The Bertz CT molecular complexity index is 1030. The highest BCUT2D eigenvalue weighted by atomic mass is 35.5. The average Bonchev–Trinajstić information content (AvgIpc) is 2.67. The van der Waals surface area contributed by atoms with E-state index in [4.69, 9.17) is 16.3 Å². The molecule has 1 N–H and O–H groups in total. The number of carbonyl (C=O) groups is 1. The average molecular weight is 413 g/mol. The lowest BCUT2D eigenvalue weighted by Crippen LogP contribution is -2.32. The van der Waals surface area contributed by atoms with E-state index >= 15 is 0 Å². The van der Waals surface area contributed by atoms with Crippen molar-refractivity contribution < 1.29 is 14.5 Å². The topological polar surface area (TPSA) is 81.5 Å². The molecule has 0 saturated carbocycles. The highest BCUT2D eigenvalue weighted by Crippen LogP contribution is 2.41. The summed E-state index contributed by atoms with van der Waals surface area (Å²) in [6.45, 7) is 5.52. The zero-order valence-electron chi connectivity index (χ0n) is 16.4. The molecule has 2 aromatic carbocycles. The highest BCUT2D eigenvalue weighted by Gasteiger charge is 2.42. The van der Waals surface area contributed by atoms with Crippen LogP contribution in [0, 0.1) is 17.0 Å². The van der Waals surface area contributed by atoms with Gasteiger partial charge in [-0.15, -0.1) is 0 Å². The van der Waals surface area contributed by atoms with Gasteiger partial charge in [0.2, 0.25) is 0 Å². The molecule has 0 aliphatic carbocycles. The van der Waals surface area contributed by atoms with Crippen LogP contribution in [0.25, 0.3) is 5.70 Å². The maximum Gasteiger partial charge on any atom is 0.336 e. The van der Waals surface area contributed by atoms with Gasteiger partial charge in [-0.05, 0) is 38.5 Å². The number of benzene rings is 2. The Hall–Kier alpha value is -3.12. The van der Waals surface area contributed by atoms with Crippen LogP contribution in [0.4, 0.5) is 0 Å². The summed E-state index contributed by atoms with van der Waals surface area (Å²) in [5.41, 5.74) is 3.20. The molecule has 0 bridgehead atoms. The van der Waals surface area contributed by atoms with Crippen LogP contribution in [-0.2, 0) is 9.53 Å². The van der Waals surface area contributed by atoms with Gasteiger partial charge in [-0.1, -0.05) is 53.6 Å². The summed E-state index contributed by atoms with van der Waals surface area (Å²) in [4.78, 5) is 24.5. The maximum atomic E-state index is 12.7. The molecule has 0 saturated heterocycles. The van der Waals surface area contributed by atoms with Gasteiger partial charge in [-0.3, -0.25) is 10.1 Å². The van der Waals surface area contributed by atoms with Gasteiger partial charge in [-0.2, -0.15) is 0 Å². The van der Waals surface area contributed by atoms with Gasteiger partial charge in [0.25, 0.3) is 5.70 Å². The van der Waals surface area contributed by atoms with E-state index in [2.05, 4.69) is 5.32 Å². The molecule has 150 valence electrons. The van der Waals surface area contributed by atoms with Gasteiger partial charge < -0.3 is 10.1 Å². The van der Waals surface area contributed by atoms with Gasteiger partial charge in [0, 0.05) is 16.3 Å². The van der Waals surface area contributed by atoms with E-state index in [1.54, 1.807) is 38.1 Å².